The summed E-state index contributed by atoms with van der Waals surface area (Å²) >= 11 is 0. The summed E-state index contributed by atoms with van der Waals surface area (Å²) in [6.45, 7) is 4.07. The van der Waals surface area contributed by atoms with Gasteiger partial charge >= 0.3 is 6.18 Å². The Hall–Kier alpha value is -4.08. The van der Waals surface area contributed by atoms with Gasteiger partial charge in [0.2, 0.25) is 5.82 Å². The number of nitrogens with zero attached hydrogens (tertiary/aromatic N) is 5. The van der Waals surface area contributed by atoms with Crippen molar-refractivity contribution in [1.29, 1.82) is 0 Å². The fraction of sp³-hybridized carbons (Fsp3) is 0.167. The van der Waals surface area contributed by atoms with Gasteiger partial charge in [0.25, 0.3) is 5.89 Å². The van der Waals surface area contributed by atoms with Crippen molar-refractivity contribution in [3.05, 3.63) is 77.7 Å². The Labute approximate surface area is 190 Å². The summed E-state index contributed by atoms with van der Waals surface area (Å²) < 4.78 is 60.7. The highest BCUT2D eigenvalue weighted by atomic mass is 19.4. The molecule has 5 rings (SSSR count). The third kappa shape index (κ3) is 4.02. The fourth-order valence-corrected chi connectivity index (χ4v) is 3.51. The van der Waals surface area contributed by atoms with Gasteiger partial charge in [-0.15, -0.1) is 0 Å². The molecule has 0 aliphatic carbocycles. The molecule has 10 heteroatoms. The van der Waals surface area contributed by atoms with Crippen molar-refractivity contribution in [2.24, 2.45) is 0 Å². The number of benzene rings is 2. The minimum absolute atomic E-state index is 0.0192. The van der Waals surface area contributed by atoms with Crippen LogP contribution in [0.2, 0.25) is 0 Å². The van der Waals surface area contributed by atoms with Gasteiger partial charge in [-0.1, -0.05) is 43.3 Å². The standard InChI is InChI=1S/C24H17F4N5O/c1-13(2)14-3-5-15(6-4-14)18-11-20(24(26,27)28)33-21(29-18)12-19(31-33)23-30-22(32-34-23)16-7-9-17(25)10-8-16/h3-13H,1-2H3. The summed E-state index contributed by atoms with van der Waals surface area (Å²) in [7, 11) is 0. The SMILES string of the molecule is CC(C)c1ccc(-c2cc(C(F)(F)F)n3nc(-c4nc(-c5ccc(F)cc5)no4)cc3n2)cc1. The van der Waals surface area contributed by atoms with Crippen molar-refractivity contribution in [3.63, 3.8) is 0 Å². The summed E-state index contributed by atoms with van der Waals surface area (Å²) in [5.74, 6) is -0.0576. The van der Waals surface area contributed by atoms with E-state index in [1.807, 2.05) is 26.0 Å². The molecule has 3 aromatic heterocycles. The van der Waals surface area contributed by atoms with Crippen LogP contribution >= 0.6 is 0 Å². The lowest BCUT2D eigenvalue weighted by Gasteiger charge is -2.11. The average molecular weight is 467 g/mol. The highest BCUT2D eigenvalue weighted by molar-refractivity contribution is 5.66. The highest BCUT2D eigenvalue weighted by Crippen LogP contribution is 2.33. The van der Waals surface area contributed by atoms with E-state index in [4.69, 9.17) is 4.52 Å². The predicted octanol–water partition coefficient (Wildman–Crippen LogP) is 6.39. The van der Waals surface area contributed by atoms with Crippen molar-refractivity contribution >= 4 is 5.65 Å². The second-order valence-corrected chi connectivity index (χ2v) is 8.03. The molecule has 0 aliphatic rings. The Balaban J connectivity index is 1.59. The number of fused-ring (bicyclic) bond motifs is 1. The minimum Gasteiger partial charge on any atom is -0.332 e. The number of rotatable bonds is 4. The Morgan fingerprint density at radius 2 is 1.53 bits per heavy atom. The molecule has 0 bridgehead atoms. The molecule has 0 radical (unpaired) electrons. The van der Waals surface area contributed by atoms with Crippen LogP contribution in [0.4, 0.5) is 17.6 Å². The largest absolute Gasteiger partial charge is 0.433 e. The Morgan fingerprint density at radius 3 is 2.18 bits per heavy atom. The number of hydrogen-bond acceptors (Lipinski definition) is 5. The molecule has 0 spiro atoms. The van der Waals surface area contributed by atoms with E-state index in [9.17, 15) is 17.6 Å². The first-order chi connectivity index (χ1) is 16.2. The Kier molecular flexibility index (Phi) is 5.15. The lowest BCUT2D eigenvalue weighted by Crippen LogP contribution is -2.13. The van der Waals surface area contributed by atoms with Gasteiger partial charge in [-0.25, -0.2) is 13.9 Å². The molecule has 172 valence electrons. The van der Waals surface area contributed by atoms with E-state index in [0.29, 0.717) is 21.6 Å². The molecule has 5 aromatic rings. The van der Waals surface area contributed by atoms with Crippen molar-refractivity contribution in [1.82, 2.24) is 24.7 Å². The van der Waals surface area contributed by atoms with E-state index in [1.54, 1.807) is 12.1 Å². The molecule has 0 aliphatic heterocycles. The minimum atomic E-state index is -4.68. The summed E-state index contributed by atoms with van der Waals surface area (Å²) in [4.78, 5) is 8.57. The highest BCUT2D eigenvalue weighted by Gasteiger charge is 2.35. The normalized spacial score (nSPS) is 12.1. The van der Waals surface area contributed by atoms with E-state index in [0.717, 1.165) is 11.6 Å². The molecular weight excluding hydrogens is 450 g/mol. The van der Waals surface area contributed by atoms with Crippen LogP contribution in [-0.4, -0.2) is 24.7 Å². The van der Waals surface area contributed by atoms with Crippen LogP contribution in [0.3, 0.4) is 0 Å². The first-order valence-electron chi connectivity index (χ1n) is 10.4. The van der Waals surface area contributed by atoms with Crippen LogP contribution in [0.5, 0.6) is 0 Å². The molecular formula is C24H17F4N5O. The van der Waals surface area contributed by atoms with E-state index < -0.39 is 17.7 Å². The van der Waals surface area contributed by atoms with Gasteiger partial charge < -0.3 is 4.52 Å². The van der Waals surface area contributed by atoms with Crippen LogP contribution < -0.4 is 0 Å². The van der Waals surface area contributed by atoms with Crippen LogP contribution in [0.15, 0.2) is 65.2 Å². The summed E-state index contributed by atoms with van der Waals surface area (Å²) in [5.41, 5.74) is 1.31. The number of alkyl halides is 3. The molecule has 0 N–H and O–H groups in total. The zero-order chi connectivity index (χ0) is 24.0. The first kappa shape index (κ1) is 21.7. The molecule has 0 saturated heterocycles. The smallest absolute Gasteiger partial charge is 0.332 e. The van der Waals surface area contributed by atoms with Crippen LogP contribution in [-0.2, 0) is 6.18 Å². The molecule has 0 amide bonds. The maximum absolute atomic E-state index is 13.9. The van der Waals surface area contributed by atoms with E-state index in [2.05, 4.69) is 20.2 Å². The van der Waals surface area contributed by atoms with Crippen molar-refractivity contribution in [2.75, 3.05) is 0 Å². The zero-order valence-electron chi connectivity index (χ0n) is 18.0. The second kappa shape index (κ2) is 8.05. The number of aromatic nitrogens is 5. The second-order valence-electron chi connectivity index (χ2n) is 8.03. The van der Waals surface area contributed by atoms with Gasteiger partial charge in [0.05, 0.1) is 5.69 Å². The molecule has 0 atom stereocenters. The summed E-state index contributed by atoms with van der Waals surface area (Å²) in [5, 5.41) is 7.84. The average Bonchev–Trinajstić information content (AvgIpc) is 3.45. The van der Waals surface area contributed by atoms with E-state index >= 15 is 0 Å². The van der Waals surface area contributed by atoms with E-state index in [1.165, 1.54) is 30.3 Å². The lowest BCUT2D eigenvalue weighted by molar-refractivity contribution is -0.142. The van der Waals surface area contributed by atoms with Gasteiger partial charge in [-0.05, 0) is 41.8 Å². The van der Waals surface area contributed by atoms with Gasteiger partial charge in [0.1, 0.15) is 5.82 Å². The number of halogens is 4. The Bertz CT molecular complexity index is 1470. The molecule has 0 fully saturated rings. The van der Waals surface area contributed by atoms with Gasteiger partial charge in [0, 0.05) is 17.2 Å². The molecule has 0 saturated carbocycles. The van der Waals surface area contributed by atoms with Gasteiger partial charge in [-0.2, -0.15) is 23.3 Å². The van der Waals surface area contributed by atoms with E-state index in [-0.39, 0.29) is 28.8 Å². The molecule has 6 nitrogen and oxygen atoms in total. The van der Waals surface area contributed by atoms with Crippen LogP contribution in [0, 0.1) is 5.82 Å². The zero-order valence-corrected chi connectivity index (χ0v) is 18.0. The maximum atomic E-state index is 13.9. The Morgan fingerprint density at radius 1 is 0.853 bits per heavy atom. The molecule has 2 aromatic carbocycles. The first-order valence-corrected chi connectivity index (χ1v) is 10.4. The maximum Gasteiger partial charge on any atom is 0.433 e. The molecule has 0 unspecified atom stereocenters. The molecule has 3 heterocycles. The van der Waals surface area contributed by atoms with Crippen molar-refractivity contribution in [2.45, 2.75) is 25.9 Å². The van der Waals surface area contributed by atoms with Crippen LogP contribution in [0.25, 0.3) is 39.9 Å². The fourth-order valence-electron chi connectivity index (χ4n) is 3.51. The monoisotopic (exact) mass is 467 g/mol. The molecule has 34 heavy (non-hydrogen) atoms. The van der Waals surface area contributed by atoms with Crippen molar-refractivity contribution < 1.29 is 22.1 Å². The third-order valence-electron chi connectivity index (χ3n) is 5.34. The predicted molar refractivity (Wildman–Crippen MR) is 116 cm³/mol. The van der Waals surface area contributed by atoms with Gasteiger partial charge in [0.15, 0.2) is 17.0 Å². The number of hydrogen-bond donors (Lipinski definition) is 0. The summed E-state index contributed by atoms with van der Waals surface area (Å²) in [6.07, 6.45) is -4.68. The summed E-state index contributed by atoms with van der Waals surface area (Å²) in [6, 6.07) is 15.0. The van der Waals surface area contributed by atoms with Crippen molar-refractivity contribution in [3.8, 4) is 34.2 Å². The third-order valence-corrected chi connectivity index (χ3v) is 5.34. The quantitative estimate of drug-likeness (QED) is 0.286. The topological polar surface area (TPSA) is 69.1 Å². The van der Waals surface area contributed by atoms with Crippen LogP contribution in [0.1, 0.15) is 31.0 Å². The lowest BCUT2D eigenvalue weighted by atomic mass is 10.0. The van der Waals surface area contributed by atoms with Gasteiger partial charge in [-0.3, -0.25) is 0 Å².